The van der Waals surface area contributed by atoms with Crippen LogP contribution in [0.3, 0.4) is 0 Å². The van der Waals surface area contributed by atoms with Crippen molar-refractivity contribution < 1.29 is 69.4 Å². The van der Waals surface area contributed by atoms with Crippen molar-refractivity contribution in [2.75, 3.05) is 0 Å². The van der Waals surface area contributed by atoms with Gasteiger partial charge in [0.2, 0.25) is 5.82 Å². The zero-order valence-electron chi connectivity index (χ0n) is 42.3. The van der Waals surface area contributed by atoms with E-state index in [1.54, 1.807) is 12.1 Å². The van der Waals surface area contributed by atoms with Crippen LogP contribution < -0.4 is 5.46 Å². The first-order chi connectivity index (χ1) is 38.0. The Morgan fingerprint density at radius 1 is 0.691 bits per heavy atom. The summed E-state index contributed by atoms with van der Waals surface area (Å²) in [5, 5.41) is 65.4. The van der Waals surface area contributed by atoms with Crippen LogP contribution in [-0.2, 0) is 73.5 Å². The van der Waals surface area contributed by atoms with Crippen molar-refractivity contribution in [1.29, 1.82) is 10.5 Å². The van der Waals surface area contributed by atoms with Crippen LogP contribution in [0.4, 0.5) is 26.3 Å². The van der Waals surface area contributed by atoms with E-state index < -0.39 is 28.5 Å². The minimum Gasteiger partial charge on any atom is -0.423 e. The number of aromatic nitrogens is 10. The molecule has 1 unspecified atom stereocenters. The third-order valence-electron chi connectivity index (χ3n) is 12.7. The molecule has 0 saturated carbocycles. The second kappa shape index (κ2) is 26.0. The zero-order valence-corrected chi connectivity index (χ0v) is 44.7. The van der Waals surface area contributed by atoms with E-state index in [0.29, 0.717) is 47.1 Å². The average Bonchev–Trinajstić information content (AvgIpc) is 4.34. The number of fused-ring (bicyclic) bond motifs is 3. The van der Waals surface area contributed by atoms with Crippen LogP contribution in [0.15, 0.2) is 139 Å². The van der Waals surface area contributed by atoms with Crippen molar-refractivity contribution in [3.8, 4) is 23.7 Å². The summed E-state index contributed by atoms with van der Waals surface area (Å²) in [5.74, 6) is -0.401. The van der Waals surface area contributed by atoms with E-state index in [-0.39, 0.29) is 64.0 Å². The zero-order chi connectivity index (χ0) is 55.8. The Hall–Kier alpha value is -8.76. The summed E-state index contributed by atoms with van der Waals surface area (Å²) >= 11 is 0. The number of rotatable bonds is 10. The Morgan fingerprint density at radius 2 is 1.21 bits per heavy atom. The van der Waals surface area contributed by atoms with Gasteiger partial charge in [-0.2, -0.15) is 52.6 Å². The Bertz CT molecular complexity index is 3870. The summed E-state index contributed by atoms with van der Waals surface area (Å²) in [6.07, 6.45) is 5.34. The fraction of sp³-hybridized carbons (Fsp3) is 0.145. The molecule has 4 heterocycles. The number of halogens is 6. The van der Waals surface area contributed by atoms with Crippen LogP contribution >= 0.6 is 0 Å². The molecular formula is C55H44BF6N12O5PdS-. The normalized spacial score (nSPS) is 13.5. The molecule has 3 aliphatic rings. The molecule has 0 fully saturated rings. The summed E-state index contributed by atoms with van der Waals surface area (Å²) in [7, 11) is -7.26. The molecule has 0 amide bonds. The standard InChI is InChI=1S/C20H14FN3.C15H10F3N3O3S.C13H11FN6.C6H6BFO2.CH3.Pd/c21-17-8-6-15(7-9-17)16-10-18-19(12-22)23-24(20(18)11-16)13-14-4-2-1-3-5-14;16-15(17,18)25(22,23)24-11-6-12-13(8-19)20-21(14(12)7-11)9-10-4-2-1-3-5-10;14-9-3-1-7(2-4-9)8-5-10-11(6-8)15-16-12(10)13-17-19-20-18-13;8-6-3-1-5(2-4-6)7(9)10;;/h1-9,11H,10,13H2;1-5,7H,6,9H2;1-4,8H,5-6H2,(H,15,16)(H,17,18,19,20);1-4,9-10H;1H3;/q;;;;-1;. The first-order valence-corrected chi connectivity index (χ1v) is 25.3. The second-order valence-electron chi connectivity index (χ2n) is 17.9. The average molecular weight is 1220 g/mol. The molecular weight excluding hydrogens is 1170 g/mol. The molecule has 17 nitrogen and oxygen atoms in total. The maximum atomic E-state index is 13.1. The van der Waals surface area contributed by atoms with Crippen molar-refractivity contribution >= 4 is 40.4 Å². The van der Waals surface area contributed by atoms with Gasteiger partial charge in [0, 0.05) is 61.7 Å². The summed E-state index contributed by atoms with van der Waals surface area (Å²) in [4.78, 5) is 0. The minimum absolute atomic E-state index is 0. The molecule has 0 aliphatic heterocycles. The van der Waals surface area contributed by atoms with Crippen molar-refractivity contribution in [3.05, 3.63) is 232 Å². The predicted octanol–water partition coefficient (Wildman–Crippen LogP) is 8.17. The minimum atomic E-state index is -5.75. The van der Waals surface area contributed by atoms with E-state index in [1.165, 1.54) is 53.2 Å². The van der Waals surface area contributed by atoms with E-state index >= 15 is 0 Å². The van der Waals surface area contributed by atoms with Gasteiger partial charge in [-0.15, -0.1) is 10.2 Å². The first-order valence-electron chi connectivity index (χ1n) is 23.9. The number of hydrogen-bond donors (Lipinski definition) is 4. The molecule has 9 aromatic rings. The van der Waals surface area contributed by atoms with Crippen LogP contribution in [-0.4, -0.2) is 81.5 Å². The fourth-order valence-electron chi connectivity index (χ4n) is 8.91. The van der Waals surface area contributed by atoms with Crippen LogP contribution in [0.2, 0.25) is 0 Å². The summed E-state index contributed by atoms with van der Waals surface area (Å²) in [5.41, 5.74) is 6.04. The fourth-order valence-corrected chi connectivity index (χ4v) is 9.40. The molecule has 12 rings (SSSR count). The molecule has 81 heavy (non-hydrogen) atoms. The van der Waals surface area contributed by atoms with E-state index in [1.807, 2.05) is 83.5 Å². The largest absolute Gasteiger partial charge is 0.534 e. The van der Waals surface area contributed by atoms with Crippen LogP contribution in [0.25, 0.3) is 29.2 Å². The van der Waals surface area contributed by atoms with E-state index in [2.05, 4.69) is 57.3 Å². The van der Waals surface area contributed by atoms with E-state index in [9.17, 15) is 40.0 Å². The van der Waals surface area contributed by atoms with Crippen molar-refractivity contribution in [3.63, 3.8) is 0 Å². The number of H-pyrrole nitrogens is 2. The molecule has 1 atom stereocenters. The Morgan fingerprint density at radius 3 is 1.72 bits per heavy atom. The topological polar surface area (TPSA) is 250 Å². The summed E-state index contributed by atoms with van der Waals surface area (Å²) in [6, 6.07) is 41.3. The summed E-state index contributed by atoms with van der Waals surface area (Å²) in [6.45, 7) is 0.901. The van der Waals surface area contributed by atoms with Gasteiger partial charge in [-0.05, 0) is 99.7 Å². The molecule has 0 radical (unpaired) electrons. The van der Waals surface area contributed by atoms with Gasteiger partial charge in [0.15, 0.2) is 11.4 Å². The number of hydrogen-bond acceptors (Lipinski definition) is 13. The van der Waals surface area contributed by atoms with Gasteiger partial charge in [-0.3, -0.25) is 14.5 Å². The quantitative estimate of drug-likeness (QED) is 0.0332. The van der Waals surface area contributed by atoms with Gasteiger partial charge in [0.25, 0.3) is 0 Å². The van der Waals surface area contributed by atoms with Gasteiger partial charge in [0.1, 0.15) is 41.0 Å². The van der Waals surface area contributed by atoms with Crippen LogP contribution in [0, 0.1) is 47.5 Å². The van der Waals surface area contributed by atoms with Gasteiger partial charge in [-0.25, -0.2) is 13.2 Å². The van der Waals surface area contributed by atoms with Crippen molar-refractivity contribution in [2.45, 2.75) is 50.2 Å². The maximum absolute atomic E-state index is 13.1. The van der Waals surface area contributed by atoms with Gasteiger partial charge in [-0.1, -0.05) is 97.1 Å². The molecule has 416 valence electrons. The van der Waals surface area contributed by atoms with Crippen molar-refractivity contribution in [1.82, 2.24) is 50.4 Å². The van der Waals surface area contributed by atoms with Gasteiger partial charge < -0.3 is 21.7 Å². The number of nitriles is 2. The molecule has 0 saturated heterocycles. The van der Waals surface area contributed by atoms with E-state index in [4.69, 9.17) is 15.3 Å². The third kappa shape index (κ3) is 14.2. The number of alkyl halides is 3. The number of nitrogens with one attached hydrogen (secondary N) is 2. The number of aromatic amines is 2. The molecule has 3 aliphatic carbocycles. The van der Waals surface area contributed by atoms with E-state index in [0.717, 1.165) is 75.0 Å². The van der Waals surface area contributed by atoms with Gasteiger partial charge >= 0.3 is 22.7 Å². The molecule has 0 bridgehead atoms. The monoisotopic (exact) mass is 1220 g/mol. The molecule has 5 aromatic carbocycles. The number of benzene rings is 5. The third-order valence-corrected chi connectivity index (χ3v) is 13.7. The molecule has 4 N–H and O–H groups in total. The first kappa shape index (κ1) is 59.9. The molecule has 26 heteroatoms. The SMILES string of the molecule is Fc1ccc(C2Cc3[nH]nc(-c4nn[nH]n4)c3C2)cc1.N#Cc1nn(Cc2ccccc2)c2c1CC(OS(=O)(=O)C(F)(F)F)=C2.N#Cc1nn(Cc2ccccc2)c2c1CC(c1ccc(F)cc1)=C2.OB(O)c1ccc(F)cc1.[CH3-].[Pd]. The van der Waals surface area contributed by atoms with Crippen LogP contribution in [0.5, 0.6) is 0 Å². The Kier molecular flexibility index (Phi) is 19.2. The number of allylic oxidation sites excluding steroid dienone is 2. The Balaban J connectivity index is 0.000000160. The van der Waals surface area contributed by atoms with Gasteiger partial charge in [0.05, 0.1) is 24.5 Å². The number of tetrazole rings is 1. The Labute approximate surface area is 473 Å². The summed E-state index contributed by atoms with van der Waals surface area (Å²) < 4.78 is 105. The van der Waals surface area contributed by atoms with Crippen LogP contribution in [0.1, 0.15) is 73.3 Å². The molecule has 0 spiro atoms. The smallest absolute Gasteiger partial charge is 0.423 e. The molecule has 4 aromatic heterocycles. The number of nitrogens with zero attached hydrogens (tertiary/aromatic N) is 10. The predicted molar refractivity (Wildman–Crippen MR) is 282 cm³/mol. The van der Waals surface area contributed by atoms with Crippen molar-refractivity contribution in [2.24, 2.45) is 0 Å². The second-order valence-corrected chi connectivity index (χ2v) is 19.4. The maximum Gasteiger partial charge on any atom is 0.534 e.